The summed E-state index contributed by atoms with van der Waals surface area (Å²) in [6.45, 7) is 3.74. The van der Waals surface area contributed by atoms with Crippen molar-refractivity contribution in [1.29, 1.82) is 0 Å². The molecule has 0 aromatic heterocycles. The summed E-state index contributed by atoms with van der Waals surface area (Å²) in [6, 6.07) is 39.9. The Morgan fingerprint density at radius 1 is 0.556 bits per heavy atom. The normalized spacial score (nSPS) is 21.3. The molecule has 0 spiro atoms. The fraction of sp³-hybridized carbons (Fsp3) is 0.342. The Kier molecular flexibility index (Phi) is 12.7. The van der Waals surface area contributed by atoms with Gasteiger partial charge in [-0.05, 0) is 29.2 Å². The van der Waals surface area contributed by atoms with Crippen LogP contribution in [0.2, 0.25) is 0 Å². The highest BCUT2D eigenvalue weighted by atomic mass is 16.6. The van der Waals surface area contributed by atoms with E-state index in [2.05, 4.69) is 0 Å². The van der Waals surface area contributed by atoms with Gasteiger partial charge >= 0.3 is 5.97 Å². The fourth-order valence-electron chi connectivity index (χ4n) is 5.43. The number of hydrogen-bond donors (Lipinski definition) is 0. The van der Waals surface area contributed by atoms with E-state index in [0.29, 0.717) is 26.4 Å². The van der Waals surface area contributed by atoms with Gasteiger partial charge in [-0.15, -0.1) is 0 Å². The first-order valence-corrected chi connectivity index (χ1v) is 15.6. The molecule has 7 nitrogen and oxygen atoms in total. The van der Waals surface area contributed by atoms with Crippen molar-refractivity contribution >= 4 is 5.97 Å². The maximum Gasteiger partial charge on any atom is 0.308 e. The summed E-state index contributed by atoms with van der Waals surface area (Å²) in [5, 5.41) is 0. The molecule has 5 rings (SSSR count). The summed E-state index contributed by atoms with van der Waals surface area (Å²) < 4.78 is 38.1. The molecule has 0 aliphatic carbocycles. The number of carbonyl (C=O) groups is 1. The summed E-state index contributed by atoms with van der Waals surface area (Å²) >= 11 is 0. The van der Waals surface area contributed by atoms with Crippen molar-refractivity contribution in [3.63, 3.8) is 0 Å². The lowest BCUT2D eigenvalue weighted by molar-refractivity contribution is -0.273. The monoisotopic (exact) mass is 610 g/mol. The van der Waals surface area contributed by atoms with Crippen molar-refractivity contribution in [2.24, 2.45) is 0 Å². The number of benzene rings is 4. The van der Waals surface area contributed by atoms with Crippen LogP contribution in [0.25, 0.3) is 0 Å². The lowest BCUT2D eigenvalue weighted by Crippen LogP contribution is -2.61. The second-order valence-corrected chi connectivity index (χ2v) is 11.0. The van der Waals surface area contributed by atoms with Crippen LogP contribution in [0, 0.1) is 0 Å². The molecular weight excluding hydrogens is 568 g/mol. The number of esters is 1. The zero-order valence-electron chi connectivity index (χ0n) is 25.7. The first-order chi connectivity index (χ1) is 22.2. The number of rotatable bonds is 16. The number of carbonyl (C=O) groups excluding carboxylic acids is 1. The molecule has 0 bridgehead atoms. The van der Waals surface area contributed by atoms with Crippen molar-refractivity contribution in [1.82, 2.24) is 0 Å². The van der Waals surface area contributed by atoms with E-state index >= 15 is 0 Å². The third-order valence-corrected chi connectivity index (χ3v) is 7.65. The summed E-state index contributed by atoms with van der Waals surface area (Å²) in [4.78, 5) is 12.9. The molecule has 45 heavy (non-hydrogen) atoms. The van der Waals surface area contributed by atoms with Gasteiger partial charge in [0.2, 0.25) is 0 Å². The maximum absolute atomic E-state index is 12.9. The largest absolute Gasteiger partial charge is 0.466 e. The minimum atomic E-state index is -0.643. The molecule has 5 atom stereocenters. The highest BCUT2D eigenvalue weighted by Gasteiger charge is 2.49. The second-order valence-electron chi connectivity index (χ2n) is 11.0. The minimum Gasteiger partial charge on any atom is -0.466 e. The van der Waals surface area contributed by atoms with Gasteiger partial charge in [-0.25, -0.2) is 0 Å². The van der Waals surface area contributed by atoms with Gasteiger partial charge in [-0.3, -0.25) is 4.79 Å². The van der Waals surface area contributed by atoms with Gasteiger partial charge in [0.25, 0.3) is 0 Å². The molecule has 0 N–H and O–H groups in total. The van der Waals surface area contributed by atoms with Crippen LogP contribution in [-0.2, 0) is 59.6 Å². The molecule has 4 aromatic carbocycles. The van der Waals surface area contributed by atoms with Crippen molar-refractivity contribution in [2.75, 3.05) is 13.2 Å². The van der Waals surface area contributed by atoms with E-state index < -0.39 is 30.5 Å². The highest BCUT2D eigenvalue weighted by Crippen LogP contribution is 2.32. The topological polar surface area (TPSA) is 72.5 Å². The molecule has 0 amide bonds. The second kappa shape index (κ2) is 17.6. The molecule has 5 unspecified atom stereocenters. The van der Waals surface area contributed by atoms with Crippen LogP contribution in [0.15, 0.2) is 121 Å². The van der Waals surface area contributed by atoms with Gasteiger partial charge < -0.3 is 28.4 Å². The summed E-state index contributed by atoms with van der Waals surface area (Å²) in [7, 11) is 0. The zero-order chi connectivity index (χ0) is 31.1. The van der Waals surface area contributed by atoms with Crippen molar-refractivity contribution in [3.05, 3.63) is 144 Å². The van der Waals surface area contributed by atoms with Crippen LogP contribution in [-0.4, -0.2) is 49.7 Å². The molecule has 0 radical (unpaired) electrons. The van der Waals surface area contributed by atoms with Gasteiger partial charge in [0, 0.05) is 0 Å². The Balaban J connectivity index is 1.44. The lowest BCUT2D eigenvalue weighted by Gasteiger charge is -2.46. The molecular formula is C38H42O7. The molecule has 1 fully saturated rings. The van der Waals surface area contributed by atoms with Gasteiger partial charge in [0.15, 0.2) is 0 Å². The van der Waals surface area contributed by atoms with Gasteiger partial charge in [-0.1, -0.05) is 121 Å². The predicted molar refractivity (Wildman–Crippen MR) is 171 cm³/mol. The highest BCUT2D eigenvalue weighted by molar-refractivity contribution is 5.70. The first kappa shape index (κ1) is 32.5. The summed E-state index contributed by atoms with van der Waals surface area (Å²) in [5.74, 6) is -0.356. The average Bonchev–Trinajstić information content (AvgIpc) is 3.08. The van der Waals surface area contributed by atoms with Gasteiger partial charge in [0.05, 0.1) is 52.2 Å². The Bertz CT molecular complexity index is 1390. The van der Waals surface area contributed by atoms with Crippen molar-refractivity contribution < 1.29 is 33.2 Å². The minimum absolute atomic E-state index is 0.0130. The van der Waals surface area contributed by atoms with E-state index in [9.17, 15) is 4.79 Å². The SMILES string of the molecule is CCOC(=O)CC1OC(COCc2ccccc2)C(OCc2ccccc2)C(OCc2ccccc2)C1OCc1ccccc1. The van der Waals surface area contributed by atoms with Crippen LogP contribution in [0.3, 0.4) is 0 Å². The van der Waals surface area contributed by atoms with E-state index in [-0.39, 0.29) is 25.6 Å². The molecule has 1 aliphatic rings. The van der Waals surface area contributed by atoms with Crippen LogP contribution >= 0.6 is 0 Å². The molecule has 236 valence electrons. The maximum atomic E-state index is 12.9. The Morgan fingerprint density at radius 3 is 1.40 bits per heavy atom. The third kappa shape index (κ3) is 10.1. The molecule has 7 heteroatoms. The third-order valence-electron chi connectivity index (χ3n) is 7.65. The molecule has 0 saturated carbocycles. The summed E-state index contributed by atoms with van der Waals surface area (Å²) in [5.41, 5.74) is 4.11. The van der Waals surface area contributed by atoms with E-state index in [0.717, 1.165) is 22.3 Å². The molecule has 4 aromatic rings. The van der Waals surface area contributed by atoms with Crippen LogP contribution < -0.4 is 0 Å². The van der Waals surface area contributed by atoms with Crippen LogP contribution in [0.1, 0.15) is 35.6 Å². The van der Waals surface area contributed by atoms with Crippen LogP contribution in [0.4, 0.5) is 0 Å². The van der Waals surface area contributed by atoms with E-state index in [1.165, 1.54) is 0 Å². The quantitative estimate of drug-likeness (QED) is 0.131. The zero-order valence-corrected chi connectivity index (χ0v) is 25.7. The van der Waals surface area contributed by atoms with Crippen molar-refractivity contribution in [3.8, 4) is 0 Å². The number of hydrogen-bond acceptors (Lipinski definition) is 7. The smallest absolute Gasteiger partial charge is 0.308 e. The van der Waals surface area contributed by atoms with Gasteiger partial charge in [0.1, 0.15) is 24.4 Å². The average molecular weight is 611 g/mol. The Morgan fingerprint density at radius 2 is 0.956 bits per heavy atom. The van der Waals surface area contributed by atoms with E-state index in [1.54, 1.807) is 6.92 Å². The Hall–Kier alpha value is -3.85. The standard InChI is InChI=1S/C38H42O7/c1-2-41-35(39)23-33-36(42-25-30-17-9-4-10-18-30)38(44-27-32-21-13-6-14-22-32)37(43-26-31-19-11-5-12-20-31)34(45-33)28-40-24-29-15-7-3-8-16-29/h3-22,33-34,36-38H,2,23-28H2,1H3. The van der Waals surface area contributed by atoms with Crippen molar-refractivity contribution in [2.45, 2.75) is 70.3 Å². The number of ether oxygens (including phenoxy) is 6. The lowest BCUT2D eigenvalue weighted by atomic mass is 9.92. The summed E-state index contributed by atoms with van der Waals surface area (Å²) in [6.07, 6.45) is -2.91. The van der Waals surface area contributed by atoms with E-state index in [1.807, 2.05) is 121 Å². The molecule has 1 aliphatic heterocycles. The predicted octanol–water partition coefficient (Wildman–Crippen LogP) is 6.68. The molecule has 1 heterocycles. The fourth-order valence-corrected chi connectivity index (χ4v) is 5.43. The molecule has 1 saturated heterocycles. The van der Waals surface area contributed by atoms with E-state index in [4.69, 9.17) is 28.4 Å². The van der Waals surface area contributed by atoms with Crippen LogP contribution in [0.5, 0.6) is 0 Å². The first-order valence-electron chi connectivity index (χ1n) is 15.6. The Labute approximate surface area is 266 Å². The van der Waals surface area contributed by atoms with Gasteiger partial charge in [-0.2, -0.15) is 0 Å².